The summed E-state index contributed by atoms with van der Waals surface area (Å²) < 4.78 is 7.96. The molecule has 158 valence electrons. The summed E-state index contributed by atoms with van der Waals surface area (Å²) in [6.07, 6.45) is 3.51. The first-order chi connectivity index (χ1) is 14.8. The van der Waals surface area contributed by atoms with E-state index in [1.807, 2.05) is 30.3 Å². The lowest BCUT2D eigenvalue weighted by Crippen LogP contribution is -2.23. The second-order valence-corrected chi connectivity index (χ2v) is 10.5. The van der Waals surface area contributed by atoms with Gasteiger partial charge in [-0.3, -0.25) is 4.79 Å². The predicted molar refractivity (Wildman–Crippen MR) is 125 cm³/mol. The zero-order chi connectivity index (χ0) is 21.9. The molecule has 5 rings (SSSR count). The molecule has 0 unspecified atom stereocenters. The minimum atomic E-state index is -0.227. The molecule has 0 aliphatic heterocycles. The van der Waals surface area contributed by atoms with Crippen molar-refractivity contribution in [3.8, 4) is 11.3 Å². The highest BCUT2D eigenvalue weighted by molar-refractivity contribution is 7.15. The van der Waals surface area contributed by atoms with Crippen LogP contribution in [0.5, 0.6) is 0 Å². The van der Waals surface area contributed by atoms with Crippen LogP contribution in [0.15, 0.2) is 56.2 Å². The van der Waals surface area contributed by atoms with E-state index in [1.165, 1.54) is 15.9 Å². The quantitative estimate of drug-likeness (QED) is 0.368. The molecule has 9 heteroatoms. The first-order valence-corrected chi connectivity index (χ1v) is 11.5. The van der Waals surface area contributed by atoms with E-state index < -0.39 is 0 Å². The molecular weight excluding hydrogens is 477 g/mol. The summed E-state index contributed by atoms with van der Waals surface area (Å²) in [6, 6.07) is 11.1. The van der Waals surface area contributed by atoms with Crippen LogP contribution in [0.4, 0.5) is 0 Å². The van der Waals surface area contributed by atoms with E-state index in [0.29, 0.717) is 31.9 Å². The predicted octanol–water partition coefficient (Wildman–Crippen LogP) is 5.67. The van der Waals surface area contributed by atoms with Gasteiger partial charge in [0, 0.05) is 17.6 Å². The Bertz CT molecular complexity index is 1450. The Hall–Kier alpha value is -2.12. The van der Waals surface area contributed by atoms with Gasteiger partial charge in [0.1, 0.15) is 20.5 Å². The number of thiazole rings is 1. The third kappa shape index (κ3) is 3.61. The maximum Gasteiger partial charge on any atom is 0.291 e. The fourth-order valence-corrected chi connectivity index (χ4v) is 5.36. The van der Waals surface area contributed by atoms with Gasteiger partial charge in [0.15, 0.2) is 5.82 Å². The number of rotatable bonds is 4. The molecule has 3 heterocycles. The fourth-order valence-electron chi connectivity index (χ4n) is 3.96. The van der Waals surface area contributed by atoms with Gasteiger partial charge in [-0.25, -0.2) is 4.98 Å². The van der Waals surface area contributed by atoms with Crippen LogP contribution in [0, 0.1) is 11.3 Å². The topological polar surface area (TPSA) is 60.4 Å². The van der Waals surface area contributed by atoms with Crippen LogP contribution < -0.4 is 10.1 Å². The number of benzene rings is 1. The van der Waals surface area contributed by atoms with E-state index in [1.54, 1.807) is 18.2 Å². The normalized spacial score (nSPS) is 20.4. The Morgan fingerprint density at radius 3 is 2.71 bits per heavy atom. The van der Waals surface area contributed by atoms with Gasteiger partial charge >= 0.3 is 0 Å². The van der Waals surface area contributed by atoms with Gasteiger partial charge in [0.05, 0.1) is 5.02 Å². The maximum atomic E-state index is 12.9. The second-order valence-electron chi connectivity index (χ2n) is 8.04. The van der Waals surface area contributed by atoms with Gasteiger partial charge in [-0.05, 0) is 41.7 Å². The van der Waals surface area contributed by atoms with Crippen LogP contribution in [0.1, 0.15) is 31.4 Å². The summed E-state index contributed by atoms with van der Waals surface area (Å²) in [6.45, 7) is 4.21. The van der Waals surface area contributed by atoms with Crippen molar-refractivity contribution in [2.45, 2.75) is 19.8 Å². The van der Waals surface area contributed by atoms with E-state index in [9.17, 15) is 4.79 Å². The monoisotopic (exact) mass is 491 g/mol. The Labute approximate surface area is 196 Å². The molecule has 1 aliphatic rings. The van der Waals surface area contributed by atoms with Crippen LogP contribution in [-0.2, 0) is 0 Å². The summed E-state index contributed by atoms with van der Waals surface area (Å²) in [5, 5.41) is 5.08. The van der Waals surface area contributed by atoms with E-state index in [-0.39, 0.29) is 27.3 Å². The molecule has 2 atom stereocenters. The summed E-state index contributed by atoms with van der Waals surface area (Å²) in [4.78, 5) is 18.0. The summed E-state index contributed by atoms with van der Waals surface area (Å²) in [5.41, 5.74) is 0.509. The minimum Gasteiger partial charge on any atom is -0.457 e. The number of allylic oxidation sites excluding steroid dienone is 1. The van der Waals surface area contributed by atoms with Gasteiger partial charge < -0.3 is 4.42 Å². The van der Waals surface area contributed by atoms with Crippen LogP contribution in [0.2, 0.25) is 5.02 Å². The van der Waals surface area contributed by atoms with Gasteiger partial charge in [0.25, 0.3) is 5.56 Å². The van der Waals surface area contributed by atoms with E-state index >= 15 is 0 Å². The van der Waals surface area contributed by atoms with Crippen LogP contribution in [0.3, 0.4) is 0 Å². The Morgan fingerprint density at radius 1 is 1.23 bits per heavy atom. The molecule has 0 N–H and O–H groups in total. The molecule has 31 heavy (non-hydrogen) atoms. The standard InChI is InChI=1S/C22H16Cl3N3O2S/c1-22(2)13(10-17(24)25)18(22)19-26-21-28(27-19)20(29)16(31-21)9-11-7-8-15(30-11)12-5-3-4-6-14(12)23/h3-10,13,18H,1-2H3/b16-9+/t13-,18-/m1/s1. The minimum absolute atomic E-state index is 0.0622. The third-order valence-corrected chi connectivity index (χ3v) is 7.27. The number of furan rings is 1. The lowest BCUT2D eigenvalue weighted by atomic mass is 10.1. The molecule has 1 fully saturated rings. The molecule has 4 aromatic rings. The average molecular weight is 493 g/mol. The Balaban J connectivity index is 1.48. The number of hydrogen-bond donors (Lipinski definition) is 0. The first kappa shape index (κ1) is 20.8. The highest BCUT2D eigenvalue weighted by Crippen LogP contribution is 2.64. The van der Waals surface area contributed by atoms with Crippen molar-refractivity contribution in [1.82, 2.24) is 14.6 Å². The number of hydrogen-bond acceptors (Lipinski definition) is 5. The Morgan fingerprint density at radius 2 is 2.00 bits per heavy atom. The summed E-state index contributed by atoms with van der Waals surface area (Å²) in [5.74, 6) is 2.04. The number of aromatic nitrogens is 3. The molecule has 0 saturated heterocycles. The molecule has 0 spiro atoms. The molecule has 1 saturated carbocycles. The number of fused-ring (bicyclic) bond motifs is 1. The van der Waals surface area contributed by atoms with Gasteiger partial charge in [-0.1, -0.05) is 72.1 Å². The molecule has 1 aromatic carbocycles. The summed E-state index contributed by atoms with van der Waals surface area (Å²) >= 11 is 19.2. The molecular formula is C22H16Cl3N3O2S. The fraction of sp³-hybridized carbons (Fsp3) is 0.227. The zero-order valence-corrected chi connectivity index (χ0v) is 19.6. The second kappa shape index (κ2) is 7.48. The van der Waals surface area contributed by atoms with Gasteiger partial charge in [-0.15, -0.1) is 5.10 Å². The number of nitrogens with zero attached hydrogens (tertiary/aromatic N) is 3. The van der Waals surface area contributed by atoms with Crippen molar-refractivity contribution < 1.29 is 4.42 Å². The molecule has 5 nitrogen and oxygen atoms in total. The SMILES string of the molecule is CC1(C)[C@H](C=C(Cl)Cl)[C@@H]1c1nc2s/c(=C/c3ccc(-c4ccccc4Cl)o3)c(=O)n2n1. The van der Waals surface area contributed by atoms with E-state index in [0.717, 1.165) is 5.56 Å². The van der Waals surface area contributed by atoms with Crippen LogP contribution in [0.25, 0.3) is 22.4 Å². The highest BCUT2D eigenvalue weighted by atomic mass is 35.5. The molecule has 0 bridgehead atoms. The zero-order valence-electron chi connectivity index (χ0n) is 16.5. The molecule has 1 aliphatic carbocycles. The average Bonchev–Trinajstić information content (AvgIpc) is 3.16. The van der Waals surface area contributed by atoms with Gasteiger partial charge in [0.2, 0.25) is 4.96 Å². The lowest BCUT2D eigenvalue weighted by molar-refractivity contribution is 0.571. The highest BCUT2D eigenvalue weighted by Gasteiger charge is 2.59. The van der Waals surface area contributed by atoms with Crippen LogP contribution >= 0.6 is 46.1 Å². The summed E-state index contributed by atoms with van der Waals surface area (Å²) in [7, 11) is 0. The molecule has 0 amide bonds. The molecule has 0 radical (unpaired) electrons. The Kier molecular flexibility index (Phi) is 5.01. The van der Waals surface area contributed by atoms with E-state index in [4.69, 9.17) is 39.2 Å². The van der Waals surface area contributed by atoms with E-state index in [2.05, 4.69) is 23.9 Å². The van der Waals surface area contributed by atoms with Crippen LogP contribution in [-0.4, -0.2) is 14.6 Å². The first-order valence-electron chi connectivity index (χ1n) is 9.54. The van der Waals surface area contributed by atoms with Crippen molar-refractivity contribution in [3.63, 3.8) is 0 Å². The van der Waals surface area contributed by atoms with Crippen molar-refractivity contribution in [1.29, 1.82) is 0 Å². The largest absolute Gasteiger partial charge is 0.457 e. The lowest BCUT2D eigenvalue weighted by Gasteiger charge is -1.98. The van der Waals surface area contributed by atoms with Crippen molar-refractivity contribution in [3.05, 3.63) is 78.5 Å². The molecule has 3 aromatic heterocycles. The van der Waals surface area contributed by atoms with Crippen molar-refractivity contribution in [2.24, 2.45) is 11.3 Å². The maximum absolute atomic E-state index is 12.9. The van der Waals surface area contributed by atoms with Crippen molar-refractivity contribution in [2.75, 3.05) is 0 Å². The van der Waals surface area contributed by atoms with Gasteiger partial charge in [-0.2, -0.15) is 4.52 Å². The smallest absolute Gasteiger partial charge is 0.291 e. The third-order valence-electron chi connectivity index (χ3n) is 5.73. The number of halogens is 3. The van der Waals surface area contributed by atoms with Crippen molar-refractivity contribution >= 4 is 57.2 Å².